The van der Waals surface area contributed by atoms with Crippen LogP contribution < -0.4 is 4.90 Å². The van der Waals surface area contributed by atoms with E-state index in [1.54, 1.807) is 0 Å². The van der Waals surface area contributed by atoms with Gasteiger partial charge in [0.15, 0.2) is 0 Å². The Balaban J connectivity index is 1.93. The zero-order valence-corrected chi connectivity index (χ0v) is 10.6. The van der Waals surface area contributed by atoms with Gasteiger partial charge in [0.05, 0.1) is 0 Å². The largest absolute Gasteiger partial charge is 0.378 e. The predicted molar refractivity (Wildman–Crippen MR) is 71.0 cm³/mol. The molecule has 0 spiro atoms. The maximum Gasteiger partial charge on any atom is 0.0361 e. The molecule has 1 aromatic rings. The third kappa shape index (κ3) is 3.01. The van der Waals surface area contributed by atoms with Crippen LogP contribution in [0.4, 0.5) is 5.69 Å². The normalized spacial score (nSPS) is 17.4. The first-order chi connectivity index (χ1) is 7.75. The lowest BCUT2D eigenvalue weighted by Crippen LogP contribution is -2.10. The van der Waals surface area contributed by atoms with Gasteiger partial charge in [-0.15, -0.1) is 0 Å². The molecule has 1 aromatic carbocycles. The molecular weight excluding hydrogens is 194 g/mol. The molecule has 88 valence electrons. The molecule has 16 heavy (non-hydrogen) atoms. The summed E-state index contributed by atoms with van der Waals surface area (Å²) in [5.41, 5.74) is 2.81. The molecule has 0 atom stereocenters. The lowest BCUT2D eigenvalue weighted by Gasteiger charge is -2.21. The molecule has 1 saturated carbocycles. The van der Waals surface area contributed by atoms with E-state index in [-0.39, 0.29) is 0 Å². The van der Waals surface area contributed by atoms with Crippen LogP contribution in [0.2, 0.25) is 0 Å². The highest BCUT2D eigenvalue weighted by Crippen LogP contribution is 2.27. The van der Waals surface area contributed by atoms with Gasteiger partial charge in [-0.25, -0.2) is 0 Å². The van der Waals surface area contributed by atoms with Crippen LogP contribution >= 0.6 is 0 Å². The Kier molecular flexibility index (Phi) is 3.87. The number of hydrogen-bond donors (Lipinski definition) is 0. The van der Waals surface area contributed by atoms with Gasteiger partial charge in [-0.05, 0) is 30.0 Å². The van der Waals surface area contributed by atoms with Gasteiger partial charge < -0.3 is 4.90 Å². The molecule has 0 amide bonds. The summed E-state index contributed by atoms with van der Waals surface area (Å²) in [6.45, 7) is 0. The number of hydrogen-bond acceptors (Lipinski definition) is 1. The van der Waals surface area contributed by atoms with Gasteiger partial charge in [-0.1, -0.05) is 44.2 Å². The summed E-state index contributed by atoms with van der Waals surface area (Å²) in [7, 11) is 4.19. The van der Waals surface area contributed by atoms with E-state index in [9.17, 15) is 0 Å². The van der Waals surface area contributed by atoms with E-state index in [1.165, 1.54) is 49.8 Å². The lowest BCUT2D eigenvalue weighted by molar-refractivity contribution is 0.356. The molecule has 0 saturated heterocycles. The molecular formula is C15H23N. The van der Waals surface area contributed by atoms with E-state index in [0.717, 1.165) is 5.92 Å². The van der Waals surface area contributed by atoms with Gasteiger partial charge in [0.1, 0.15) is 0 Å². The van der Waals surface area contributed by atoms with Gasteiger partial charge in [-0.3, -0.25) is 0 Å². The smallest absolute Gasteiger partial charge is 0.0361 e. The highest BCUT2D eigenvalue weighted by molar-refractivity contribution is 5.46. The van der Waals surface area contributed by atoms with Crippen LogP contribution in [0.15, 0.2) is 24.3 Å². The van der Waals surface area contributed by atoms with Gasteiger partial charge in [-0.2, -0.15) is 0 Å². The summed E-state index contributed by atoms with van der Waals surface area (Å²) < 4.78 is 0. The molecule has 0 aliphatic heterocycles. The van der Waals surface area contributed by atoms with Crippen molar-refractivity contribution in [2.45, 2.75) is 38.5 Å². The molecule has 0 N–H and O–H groups in total. The highest BCUT2D eigenvalue weighted by atomic mass is 15.1. The molecule has 0 heterocycles. The third-order valence-corrected chi connectivity index (χ3v) is 3.70. The van der Waals surface area contributed by atoms with Crippen LogP contribution in [0.3, 0.4) is 0 Å². The van der Waals surface area contributed by atoms with Crippen LogP contribution in [0.25, 0.3) is 0 Å². The molecule has 1 aliphatic rings. The zero-order valence-electron chi connectivity index (χ0n) is 10.6. The Morgan fingerprint density at radius 3 is 2.19 bits per heavy atom. The van der Waals surface area contributed by atoms with Crippen LogP contribution in [0.1, 0.15) is 37.7 Å². The summed E-state index contributed by atoms with van der Waals surface area (Å²) in [4.78, 5) is 2.16. The Labute approximate surface area is 99.5 Å². The van der Waals surface area contributed by atoms with Crippen molar-refractivity contribution in [1.29, 1.82) is 0 Å². The van der Waals surface area contributed by atoms with Crippen molar-refractivity contribution in [1.82, 2.24) is 0 Å². The fourth-order valence-corrected chi connectivity index (χ4v) is 2.65. The second kappa shape index (κ2) is 5.38. The van der Waals surface area contributed by atoms with E-state index >= 15 is 0 Å². The first-order valence-electron chi connectivity index (χ1n) is 6.52. The number of rotatable bonds is 3. The average Bonchev–Trinajstić information content (AvgIpc) is 2.31. The Bertz CT molecular complexity index is 307. The maximum absolute atomic E-state index is 2.30. The van der Waals surface area contributed by atoms with Crippen LogP contribution in [-0.2, 0) is 6.42 Å². The molecule has 1 heteroatoms. The average molecular weight is 217 g/mol. The quantitative estimate of drug-likeness (QED) is 0.742. The topological polar surface area (TPSA) is 3.24 Å². The molecule has 0 radical (unpaired) electrons. The molecule has 0 unspecified atom stereocenters. The van der Waals surface area contributed by atoms with E-state index < -0.39 is 0 Å². The number of benzene rings is 1. The van der Waals surface area contributed by atoms with E-state index in [4.69, 9.17) is 0 Å². The maximum atomic E-state index is 2.30. The van der Waals surface area contributed by atoms with Gasteiger partial charge >= 0.3 is 0 Å². The van der Waals surface area contributed by atoms with E-state index in [0.29, 0.717) is 0 Å². The van der Waals surface area contributed by atoms with Crippen LogP contribution in [0.5, 0.6) is 0 Å². The number of nitrogens with zero attached hydrogens (tertiary/aromatic N) is 1. The Morgan fingerprint density at radius 2 is 1.62 bits per heavy atom. The minimum absolute atomic E-state index is 0.943. The fraction of sp³-hybridized carbons (Fsp3) is 0.600. The molecule has 1 fully saturated rings. The summed E-state index contributed by atoms with van der Waals surface area (Å²) >= 11 is 0. The second-order valence-electron chi connectivity index (χ2n) is 5.27. The fourth-order valence-electron chi connectivity index (χ4n) is 2.65. The summed E-state index contributed by atoms with van der Waals surface area (Å²) in [6.07, 6.45) is 8.51. The molecule has 1 nitrogen and oxygen atoms in total. The molecule has 1 aliphatic carbocycles. The minimum atomic E-state index is 0.943. The van der Waals surface area contributed by atoms with Crippen LogP contribution in [0, 0.1) is 5.92 Å². The third-order valence-electron chi connectivity index (χ3n) is 3.70. The van der Waals surface area contributed by atoms with Crippen molar-refractivity contribution in [2.24, 2.45) is 5.92 Å². The lowest BCUT2D eigenvalue weighted by atomic mass is 9.85. The first-order valence-corrected chi connectivity index (χ1v) is 6.52. The van der Waals surface area contributed by atoms with Crippen molar-refractivity contribution < 1.29 is 0 Å². The van der Waals surface area contributed by atoms with Gasteiger partial charge in [0.25, 0.3) is 0 Å². The zero-order chi connectivity index (χ0) is 11.4. The van der Waals surface area contributed by atoms with Gasteiger partial charge in [0.2, 0.25) is 0 Å². The van der Waals surface area contributed by atoms with Crippen molar-refractivity contribution in [3.8, 4) is 0 Å². The monoisotopic (exact) mass is 217 g/mol. The first kappa shape index (κ1) is 11.5. The van der Waals surface area contributed by atoms with Crippen molar-refractivity contribution >= 4 is 5.69 Å². The van der Waals surface area contributed by atoms with E-state index in [1.807, 2.05) is 0 Å². The Morgan fingerprint density at radius 1 is 1.00 bits per heavy atom. The van der Waals surface area contributed by atoms with Crippen molar-refractivity contribution in [2.75, 3.05) is 19.0 Å². The number of anilines is 1. The predicted octanol–water partition coefficient (Wildman–Crippen LogP) is 3.88. The molecule has 2 rings (SSSR count). The second-order valence-corrected chi connectivity index (χ2v) is 5.27. The standard InChI is InChI=1S/C15H23N/c1-16(2)15-10-8-14(9-11-15)12-13-6-4-3-5-7-13/h8-11,13H,3-7,12H2,1-2H3. The summed E-state index contributed by atoms with van der Waals surface area (Å²) in [6, 6.07) is 9.06. The SMILES string of the molecule is CN(C)c1ccc(CC2CCCCC2)cc1. The summed E-state index contributed by atoms with van der Waals surface area (Å²) in [5.74, 6) is 0.943. The molecule has 0 aromatic heterocycles. The van der Waals surface area contributed by atoms with Crippen molar-refractivity contribution in [3.05, 3.63) is 29.8 Å². The minimum Gasteiger partial charge on any atom is -0.378 e. The highest BCUT2D eigenvalue weighted by Gasteiger charge is 2.13. The Hall–Kier alpha value is -0.980. The van der Waals surface area contributed by atoms with Gasteiger partial charge in [0, 0.05) is 19.8 Å². The molecule has 0 bridgehead atoms. The summed E-state index contributed by atoms with van der Waals surface area (Å²) in [5, 5.41) is 0. The van der Waals surface area contributed by atoms with E-state index in [2.05, 4.69) is 43.3 Å². The van der Waals surface area contributed by atoms with Crippen molar-refractivity contribution in [3.63, 3.8) is 0 Å². The van der Waals surface area contributed by atoms with Crippen LogP contribution in [-0.4, -0.2) is 14.1 Å².